The third-order valence-corrected chi connectivity index (χ3v) is 3.00. The number of carbonyl (C=O) groups is 2. The van der Waals surface area contributed by atoms with Crippen molar-refractivity contribution in [1.29, 1.82) is 0 Å². The van der Waals surface area contributed by atoms with Gasteiger partial charge in [0.2, 0.25) is 11.8 Å². The zero-order valence-corrected chi connectivity index (χ0v) is 12.2. The van der Waals surface area contributed by atoms with E-state index in [2.05, 4.69) is 10.3 Å². The first kappa shape index (κ1) is 15.5. The molecule has 0 bridgehead atoms. The van der Waals surface area contributed by atoms with Crippen molar-refractivity contribution in [3.05, 3.63) is 59.8 Å². The molecule has 1 atom stereocenters. The number of hydrogen-bond acceptors (Lipinski definition) is 4. The van der Waals surface area contributed by atoms with Crippen molar-refractivity contribution >= 4 is 11.8 Å². The van der Waals surface area contributed by atoms with Crippen LogP contribution in [0.1, 0.15) is 22.8 Å². The first-order valence-corrected chi connectivity index (χ1v) is 6.79. The number of rotatable bonds is 6. The van der Waals surface area contributed by atoms with Crippen LogP contribution in [0.5, 0.6) is 5.88 Å². The number of amides is 2. The van der Waals surface area contributed by atoms with Gasteiger partial charge in [0.25, 0.3) is 5.91 Å². The highest BCUT2D eigenvalue weighted by molar-refractivity contribution is 5.97. The fourth-order valence-corrected chi connectivity index (χ4v) is 1.71. The fourth-order valence-electron chi connectivity index (χ4n) is 1.71. The summed E-state index contributed by atoms with van der Waals surface area (Å²) in [5.74, 6) is -0.663. The summed E-state index contributed by atoms with van der Waals surface area (Å²) >= 11 is 0. The molecule has 0 saturated heterocycles. The lowest BCUT2D eigenvalue weighted by Crippen LogP contribution is -2.42. The molecule has 0 aliphatic carbocycles. The van der Waals surface area contributed by atoms with Gasteiger partial charge < -0.3 is 15.8 Å². The molecule has 2 amide bonds. The van der Waals surface area contributed by atoms with Crippen molar-refractivity contribution in [1.82, 2.24) is 10.3 Å². The highest BCUT2D eigenvalue weighted by Crippen LogP contribution is 2.12. The number of primary amides is 1. The molecule has 2 rings (SSSR count). The number of aromatic nitrogens is 1. The summed E-state index contributed by atoms with van der Waals surface area (Å²) in [4.78, 5) is 27.0. The molecule has 0 aliphatic rings. The fraction of sp³-hybridized carbons (Fsp3) is 0.188. The maximum atomic E-state index is 12.0. The largest absolute Gasteiger partial charge is 0.473 e. The standard InChI is InChI=1S/C16H17N3O3/c1-11(15(17)20)19-16(21)13-7-8-18-14(9-13)22-10-12-5-3-2-4-6-12/h2-9,11H,10H2,1H3,(H2,17,20)(H,19,21)/t11-/m0/s1. The molecule has 1 aromatic carbocycles. The third-order valence-electron chi connectivity index (χ3n) is 3.00. The van der Waals surface area contributed by atoms with Crippen LogP contribution in [0.2, 0.25) is 0 Å². The van der Waals surface area contributed by atoms with E-state index >= 15 is 0 Å². The van der Waals surface area contributed by atoms with E-state index in [1.54, 1.807) is 6.07 Å². The quantitative estimate of drug-likeness (QED) is 0.839. The molecule has 2 aromatic rings. The highest BCUT2D eigenvalue weighted by atomic mass is 16.5. The zero-order chi connectivity index (χ0) is 15.9. The van der Waals surface area contributed by atoms with Crippen molar-refractivity contribution in [3.63, 3.8) is 0 Å². The molecule has 6 heteroatoms. The summed E-state index contributed by atoms with van der Waals surface area (Å²) in [6.45, 7) is 1.88. The number of carbonyl (C=O) groups excluding carboxylic acids is 2. The summed E-state index contributed by atoms with van der Waals surface area (Å²) in [7, 11) is 0. The van der Waals surface area contributed by atoms with Crippen LogP contribution in [-0.2, 0) is 11.4 Å². The normalized spacial score (nSPS) is 11.5. The van der Waals surface area contributed by atoms with Crippen LogP contribution in [0.3, 0.4) is 0 Å². The van der Waals surface area contributed by atoms with Crippen LogP contribution in [-0.4, -0.2) is 22.8 Å². The molecule has 0 spiro atoms. The van der Waals surface area contributed by atoms with E-state index in [0.29, 0.717) is 18.1 Å². The van der Waals surface area contributed by atoms with Crippen molar-refractivity contribution in [3.8, 4) is 5.88 Å². The number of pyridine rings is 1. The van der Waals surface area contributed by atoms with Gasteiger partial charge >= 0.3 is 0 Å². The molecule has 6 nitrogen and oxygen atoms in total. The van der Waals surface area contributed by atoms with Gasteiger partial charge in [-0.15, -0.1) is 0 Å². The number of hydrogen-bond donors (Lipinski definition) is 2. The van der Waals surface area contributed by atoms with Crippen molar-refractivity contribution in [2.24, 2.45) is 5.73 Å². The van der Waals surface area contributed by atoms with Gasteiger partial charge in [-0.3, -0.25) is 9.59 Å². The highest BCUT2D eigenvalue weighted by Gasteiger charge is 2.14. The van der Waals surface area contributed by atoms with Crippen LogP contribution in [0.4, 0.5) is 0 Å². The predicted octanol–water partition coefficient (Wildman–Crippen LogP) is 1.26. The van der Waals surface area contributed by atoms with Crippen molar-refractivity contribution < 1.29 is 14.3 Å². The number of ether oxygens (including phenoxy) is 1. The summed E-state index contributed by atoms with van der Waals surface area (Å²) in [6, 6.07) is 11.9. The lowest BCUT2D eigenvalue weighted by atomic mass is 10.2. The average Bonchev–Trinajstić information content (AvgIpc) is 2.54. The molecule has 0 saturated carbocycles. The van der Waals surface area contributed by atoms with E-state index < -0.39 is 17.9 Å². The Morgan fingerprint density at radius 1 is 1.27 bits per heavy atom. The minimum atomic E-state index is -0.741. The van der Waals surface area contributed by atoms with E-state index in [1.165, 1.54) is 19.2 Å². The monoisotopic (exact) mass is 299 g/mol. The van der Waals surface area contributed by atoms with Crippen LogP contribution in [0.25, 0.3) is 0 Å². The second-order valence-electron chi connectivity index (χ2n) is 4.75. The first-order chi connectivity index (χ1) is 10.6. The Kier molecular flexibility index (Phi) is 5.08. The Hall–Kier alpha value is -2.89. The maximum Gasteiger partial charge on any atom is 0.252 e. The molecule has 1 heterocycles. The second kappa shape index (κ2) is 7.21. The molecular formula is C16H17N3O3. The Morgan fingerprint density at radius 3 is 2.68 bits per heavy atom. The van der Waals surface area contributed by atoms with E-state index in [1.807, 2.05) is 30.3 Å². The summed E-state index contributed by atoms with van der Waals surface area (Å²) in [5.41, 5.74) is 6.47. The molecule has 0 aliphatic heterocycles. The molecule has 0 radical (unpaired) electrons. The van der Waals surface area contributed by atoms with Gasteiger partial charge in [-0.2, -0.15) is 0 Å². The minimum Gasteiger partial charge on any atom is -0.473 e. The predicted molar refractivity (Wildman–Crippen MR) is 81.1 cm³/mol. The molecule has 0 fully saturated rings. The third kappa shape index (κ3) is 4.31. The van der Waals surface area contributed by atoms with Gasteiger partial charge in [-0.25, -0.2) is 4.98 Å². The topological polar surface area (TPSA) is 94.3 Å². The van der Waals surface area contributed by atoms with E-state index in [4.69, 9.17) is 10.5 Å². The molecular weight excluding hydrogens is 282 g/mol. The Bertz CT molecular complexity index is 659. The van der Waals surface area contributed by atoms with Crippen LogP contribution >= 0.6 is 0 Å². The van der Waals surface area contributed by atoms with Gasteiger partial charge in [-0.1, -0.05) is 30.3 Å². The molecule has 22 heavy (non-hydrogen) atoms. The smallest absolute Gasteiger partial charge is 0.252 e. The zero-order valence-electron chi connectivity index (χ0n) is 12.2. The second-order valence-corrected chi connectivity index (χ2v) is 4.75. The lowest BCUT2D eigenvalue weighted by Gasteiger charge is -2.11. The Balaban J connectivity index is 2.00. The van der Waals surface area contributed by atoms with Gasteiger partial charge in [0.05, 0.1) is 0 Å². The number of nitrogens with zero attached hydrogens (tertiary/aromatic N) is 1. The summed E-state index contributed by atoms with van der Waals surface area (Å²) < 4.78 is 5.55. The van der Waals surface area contributed by atoms with Gasteiger partial charge in [0.1, 0.15) is 12.6 Å². The lowest BCUT2D eigenvalue weighted by molar-refractivity contribution is -0.119. The van der Waals surface area contributed by atoms with Crippen LogP contribution < -0.4 is 15.8 Å². The molecule has 0 unspecified atom stereocenters. The van der Waals surface area contributed by atoms with E-state index in [0.717, 1.165) is 5.56 Å². The number of nitrogens with two attached hydrogens (primary N) is 1. The van der Waals surface area contributed by atoms with Gasteiger partial charge in [-0.05, 0) is 18.6 Å². The Labute approximate surface area is 128 Å². The SMILES string of the molecule is C[C@H](NC(=O)c1ccnc(OCc2ccccc2)c1)C(N)=O. The van der Waals surface area contributed by atoms with Crippen LogP contribution in [0.15, 0.2) is 48.7 Å². The van der Waals surface area contributed by atoms with Gasteiger partial charge in [0.15, 0.2) is 0 Å². The summed E-state index contributed by atoms with van der Waals surface area (Å²) in [5, 5.41) is 2.50. The molecule has 3 N–H and O–H groups in total. The average molecular weight is 299 g/mol. The van der Waals surface area contributed by atoms with E-state index in [9.17, 15) is 9.59 Å². The number of nitrogens with one attached hydrogen (secondary N) is 1. The van der Waals surface area contributed by atoms with Gasteiger partial charge in [0, 0.05) is 17.8 Å². The molecule has 1 aromatic heterocycles. The molecule has 114 valence electrons. The minimum absolute atomic E-state index is 0.336. The maximum absolute atomic E-state index is 12.0. The summed E-state index contributed by atoms with van der Waals surface area (Å²) in [6.07, 6.45) is 1.48. The van der Waals surface area contributed by atoms with E-state index in [-0.39, 0.29) is 0 Å². The van der Waals surface area contributed by atoms with Crippen molar-refractivity contribution in [2.75, 3.05) is 0 Å². The van der Waals surface area contributed by atoms with Crippen molar-refractivity contribution in [2.45, 2.75) is 19.6 Å². The first-order valence-electron chi connectivity index (χ1n) is 6.79. The van der Waals surface area contributed by atoms with Crippen LogP contribution in [0, 0.1) is 0 Å². The Morgan fingerprint density at radius 2 is 2.00 bits per heavy atom. The number of benzene rings is 1.